The molecule has 0 saturated heterocycles. The van der Waals surface area contributed by atoms with Gasteiger partial charge in [-0.2, -0.15) is 0 Å². The fourth-order valence-electron chi connectivity index (χ4n) is 3.02. The Bertz CT molecular complexity index is 828. The minimum Gasteiger partial charge on any atom is -0.494 e. The van der Waals surface area contributed by atoms with E-state index < -0.39 is 0 Å². The highest BCUT2D eigenvalue weighted by Gasteiger charge is 2.09. The summed E-state index contributed by atoms with van der Waals surface area (Å²) >= 11 is 11.2. The van der Waals surface area contributed by atoms with E-state index in [9.17, 15) is 0 Å². The van der Waals surface area contributed by atoms with Crippen molar-refractivity contribution in [2.45, 2.75) is 53.1 Å². The van der Waals surface area contributed by atoms with Gasteiger partial charge in [-0.25, -0.2) is 0 Å². The Balaban J connectivity index is 1.75. The van der Waals surface area contributed by atoms with Crippen LogP contribution < -0.4 is 18.9 Å². The first-order valence-electron chi connectivity index (χ1n) is 10.7. The predicted octanol–water partition coefficient (Wildman–Crippen LogP) is 7.28. The summed E-state index contributed by atoms with van der Waals surface area (Å²) in [7, 11) is 0. The van der Waals surface area contributed by atoms with E-state index in [-0.39, 0.29) is 10.6 Å². The van der Waals surface area contributed by atoms with Gasteiger partial charge < -0.3 is 18.9 Å². The summed E-state index contributed by atoms with van der Waals surface area (Å²) < 4.78 is 23.4. The van der Waals surface area contributed by atoms with Gasteiger partial charge in [-0.05, 0) is 93.6 Å². The van der Waals surface area contributed by atoms with Crippen LogP contribution in [-0.4, -0.2) is 25.9 Å². The van der Waals surface area contributed by atoms with Crippen LogP contribution in [0.5, 0.6) is 23.0 Å². The summed E-state index contributed by atoms with van der Waals surface area (Å²) in [6.45, 7) is 9.78. The molecule has 0 N–H and O–H groups in total. The zero-order valence-corrected chi connectivity index (χ0v) is 20.3. The quantitative estimate of drug-likeness (QED) is 0.290. The lowest BCUT2D eigenvalue weighted by atomic mass is 10.1. The average molecular weight is 467 g/mol. The molecule has 2 aromatic rings. The second kappa shape index (κ2) is 13.4. The van der Waals surface area contributed by atoms with Crippen molar-refractivity contribution in [3.8, 4) is 23.0 Å². The zero-order chi connectivity index (χ0) is 22.6. The number of ether oxygens (including phenoxy) is 4. The molecule has 170 valence electrons. The van der Waals surface area contributed by atoms with Crippen molar-refractivity contribution in [2.24, 2.45) is 0 Å². The third-order valence-corrected chi connectivity index (χ3v) is 4.75. The van der Waals surface area contributed by atoms with Gasteiger partial charge in [0.2, 0.25) is 0 Å². The van der Waals surface area contributed by atoms with E-state index in [2.05, 4.69) is 6.92 Å². The largest absolute Gasteiger partial charge is 0.494 e. The van der Waals surface area contributed by atoms with Crippen molar-refractivity contribution in [3.63, 3.8) is 0 Å². The van der Waals surface area contributed by atoms with E-state index in [0.29, 0.717) is 19.8 Å². The molecule has 6 heteroatoms. The van der Waals surface area contributed by atoms with Crippen LogP contribution in [0.3, 0.4) is 0 Å². The Morgan fingerprint density at radius 3 is 2.16 bits per heavy atom. The van der Waals surface area contributed by atoms with Crippen LogP contribution in [0.15, 0.2) is 47.0 Å². The summed E-state index contributed by atoms with van der Waals surface area (Å²) in [5, 5.41) is 0. The molecule has 0 aliphatic heterocycles. The Morgan fingerprint density at radius 1 is 0.903 bits per heavy atom. The molecule has 0 heterocycles. The summed E-state index contributed by atoms with van der Waals surface area (Å²) in [6, 6.07) is 11.7. The Morgan fingerprint density at radius 2 is 1.55 bits per heavy atom. The maximum absolute atomic E-state index is 6.08. The van der Waals surface area contributed by atoms with Gasteiger partial charge in [0.05, 0.1) is 19.3 Å². The van der Waals surface area contributed by atoms with Gasteiger partial charge in [-0.15, -0.1) is 0 Å². The summed E-state index contributed by atoms with van der Waals surface area (Å²) in [5.74, 6) is 3.42. The molecule has 0 fully saturated rings. The maximum atomic E-state index is 6.08. The Kier molecular flexibility index (Phi) is 10.9. The zero-order valence-electron chi connectivity index (χ0n) is 18.8. The predicted molar refractivity (Wildman–Crippen MR) is 128 cm³/mol. The van der Waals surface area contributed by atoms with Gasteiger partial charge in [-0.3, -0.25) is 0 Å². The van der Waals surface area contributed by atoms with Crippen LogP contribution in [0, 0.1) is 6.92 Å². The molecule has 0 aliphatic carbocycles. The third kappa shape index (κ3) is 9.32. The van der Waals surface area contributed by atoms with Gasteiger partial charge in [0.25, 0.3) is 0 Å². The van der Waals surface area contributed by atoms with E-state index in [4.69, 9.17) is 42.1 Å². The minimum absolute atomic E-state index is 0.166. The number of aryl methyl sites for hydroxylation is 2. The number of rotatable bonds is 13. The van der Waals surface area contributed by atoms with Crippen LogP contribution in [0.2, 0.25) is 0 Å². The first-order valence-corrected chi connectivity index (χ1v) is 11.4. The van der Waals surface area contributed by atoms with Gasteiger partial charge in [0, 0.05) is 0 Å². The summed E-state index contributed by atoms with van der Waals surface area (Å²) in [4.78, 5) is 0. The van der Waals surface area contributed by atoms with E-state index in [1.54, 1.807) is 6.08 Å². The highest BCUT2D eigenvalue weighted by Crippen LogP contribution is 2.30. The van der Waals surface area contributed by atoms with Crippen molar-refractivity contribution >= 4 is 23.2 Å². The van der Waals surface area contributed by atoms with Crippen LogP contribution in [0.1, 0.15) is 44.7 Å². The standard InChI is InChI=1S/C25H32Cl2O4/c1-5-20-17-23(29-15-12-24(26)27)16-19(4)25(20)30-14-7-6-13-28-21-8-10-22(11-9-21)31-18(2)3/h8-12,16-18H,5-7,13-15H2,1-4H3. The van der Waals surface area contributed by atoms with E-state index in [0.717, 1.165) is 53.4 Å². The Hall–Kier alpha value is -2.04. The van der Waals surface area contributed by atoms with Crippen LogP contribution in [0.4, 0.5) is 0 Å². The second-order valence-corrected chi connectivity index (χ2v) is 8.44. The first kappa shape index (κ1) is 25.2. The molecule has 0 atom stereocenters. The highest BCUT2D eigenvalue weighted by molar-refractivity contribution is 6.55. The van der Waals surface area contributed by atoms with E-state index in [1.165, 1.54) is 0 Å². The molecular weight excluding hydrogens is 435 g/mol. The van der Waals surface area contributed by atoms with Crippen molar-refractivity contribution in [1.82, 2.24) is 0 Å². The molecule has 2 rings (SSSR count). The van der Waals surface area contributed by atoms with Gasteiger partial charge in [-0.1, -0.05) is 30.1 Å². The molecule has 0 bridgehead atoms. The Labute approximate surface area is 196 Å². The van der Waals surface area contributed by atoms with Crippen molar-refractivity contribution in [1.29, 1.82) is 0 Å². The molecule has 0 aliphatic rings. The third-order valence-electron chi connectivity index (χ3n) is 4.44. The molecule has 0 aromatic heterocycles. The number of halogens is 2. The number of hydrogen-bond acceptors (Lipinski definition) is 4. The highest BCUT2D eigenvalue weighted by atomic mass is 35.5. The molecule has 0 radical (unpaired) electrons. The lowest BCUT2D eigenvalue weighted by molar-refractivity contribution is 0.241. The number of benzene rings is 2. The summed E-state index contributed by atoms with van der Waals surface area (Å²) in [6.07, 6.45) is 4.47. The molecule has 0 saturated carbocycles. The lowest BCUT2D eigenvalue weighted by Gasteiger charge is -2.16. The second-order valence-electron chi connectivity index (χ2n) is 7.43. The summed E-state index contributed by atoms with van der Waals surface area (Å²) in [5.41, 5.74) is 2.17. The van der Waals surface area contributed by atoms with Crippen molar-refractivity contribution < 1.29 is 18.9 Å². The smallest absolute Gasteiger partial charge is 0.125 e. The first-order chi connectivity index (χ1) is 14.9. The normalized spacial score (nSPS) is 10.7. The van der Waals surface area contributed by atoms with Gasteiger partial charge in [0.1, 0.15) is 34.1 Å². The monoisotopic (exact) mass is 466 g/mol. The molecule has 4 nitrogen and oxygen atoms in total. The van der Waals surface area contributed by atoms with E-state index >= 15 is 0 Å². The number of hydrogen-bond donors (Lipinski definition) is 0. The molecule has 0 spiro atoms. The lowest BCUT2D eigenvalue weighted by Crippen LogP contribution is -2.06. The maximum Gasteiger partial charge on any atom is 0.125 e. The van der Waals surface area contributed by atoms with E-state index in [1.807, 2.05) is 57.2 Å². The fraction of sp³-hybridized carbons (Fsp3) is 0.440. The molecule has 31 heavy (non-hydrogen) atoms. The molecule has 0 unspecified atom stereocenters. The van der Waals surface area contributed by atoms with Crippen LogP contribution in [-0.2, 0) is 6.42 Å². The minimum atomic E-state index is 0.166. The SMILES string of the molecule is CCc1cc(OCC=C(Cl)Cl)cc(C)c1OCCCCOc1ccc(OC(C)C)cc1. The van der Waals surface area contributed by atoms with Crippen molar-refractivity contribution in [3.05, 3.63) is 58.1 Å². The fourth-order valence-corrected chi connectivity index (χ4v) is 3.15. The molecule has 0 amide bonds. The molecular formula is C25H32Cl2O4. The van der Waals surface area contributed by atoms with Gasteiger partial charge >= 0.3 is 0 Å². The van der Waals surface area contributed by atoms with Gasteiger partial charge in [0.15, 0.2) is 0 Å². The number of unbranched alkanes of at least 4 members (excludes halogenated alkanes) is 1. The molecule has 2 aromatic carbocycles. The van der Waals surface area contributed by atoms with Crippen molar-refractivity contribution in [2.75, 3.05) is 19.8 Å². The van der Waals surface area contributed by atoms with Crippen LogP contribution >= 0.6 is 23.2 Å². The van der Waals surface area contributed by atoms with Crippen LogP contribution in [0.25, 0.3) is 0 Å². The topological polar surface area (TPSA) is 36.9 Å². The average Bonchev–Trinajstić information content (AvgIpc) is 2.72.